The number of hydrogen-bond acceptors (Lipinski definition) is 1. The fourth-order valence-electron chi connectivity index (χ4n) is 9.26. The van der Waals surface area contributed by atoms with Crippen molar-refractivity contribution in [3.05, 3.63) is 222 Å². The fourth-order valence-corrected chi connectivity index (χ4v) is 9.26. The van der Waals surface area contributed by atoms with Crippen LogP contribution in [0, 0.1) is 0 Å². The molecule has 0 saturated heterocycles. The van der Waals surface area contributed by atoms with Crippen LogP contribution in [0.4, 0.5) is 17.1 Å². The molecule has 8 aromatic carbocycles. The van der Waals surface area contributed by atoms with Gasteiger partial charge in [0.05, 0.1) is 5.41 Å². The van der Waals surface area contributed by atoms with Gasteiger partial charge in [-0.15, -0.1) is 0 Å². The molecule has 0 heterocycles. The van der Waals surface area contributed by atoms with Crippen LogP contribution in [0.15, 0.2) is 194 Å². The molecular formula is C53H41N. The molecule has 0 radical (unpaired) electrons. The molecule has 10 rings (SSSR count). The second kappa shape index (κ2) is 12.3. The van der Waals surface area contributed by atoms with Crippen molar-refractivity contribution < 1.29 is 0 Å². The molecule has 258 valence electrons. The van der Waals surface area contributed by atoms with Gasteiger partial charge in [0.15, 0.2) is 0 Å². The van der Waals surface area contributed by atoms with Gasteiger partial charge in [0.2, 0.25) is 0 Å². The minimum Gasteiger partial charge on any atom is -0.311 e. The fraction of sp³-hybridized carbons (Fsp3) is 0.0943. The maximum Gasteiger partial charge on any atom is 0.0725 e. The van der Waals surface area contributed by atoms with Crippen molar-refractivity contribution in [3.63, 3.8) is 0 Å². The van der Waals surface area contributed by atoms with Gasteiger partial charge >= 0.3 is 0 Å². The third-order valence-electron chi connectivity index (χ3n) is 11.7. The zero-order valence-corrected chi connectivity index (χ0v) is 30.9. The van der Waals surface area contributed by atoms with Crippen LogP contribution in [-0.2, 0) is 10.8 Å². The quantitative estimate of drug-likeness (QED) is 0.174. The van der Waals surface area contributed by atoms with Crippen molar-refractivity contribution >= 4 is 17.1 Å². The summed E-state index contributed by atoms with van der Waals surface area (Å²) < 4.78 is 0. The summed E-state index contributed by atoms with van der Waals surface area (Å²) in [4.78, 5) is 2.35. The first-order valence-electron chi connectivity index (χ1n) is 19.0. The summed E-state index contributed by atoms with van der Waals surface area (Å²) in [5, 5.41) is 0. The summed E-state index contributed by atoms with van der Waals surface area (Å²) in [6, 6.07) is 71.9. The second-order valence-electron chi connectivity index (χ2n) is 15.7. The van der Waals surface area contributed by atoms with Gasteiger partial charge in [0.25, 0.3) is 0 Å². The van der Waals surface area contributed by atoms with Gasteiger partial charge in [-0.05, 0) is 114 Å². The first kappa shape index (κ1) is 32.2. The maximum atomic E-state index is 2.38. The lowest BCUT2D eigenvalue weighted by Crippen LogP contribution is -2.25. The molecule has 0 bridgehead atoms. The highest BCUT2D eigenvalue weighted by Gasteiger charge is 2.52. The summed E-state index contributed by atoms with van der Waals surface area (Å²) in [7, 11) is 0. The van der Waals surface area contributed by atoms with Crippen LogP contribution in [0.25, 0.3) is 44.5 Å². The molecule has 2 aliphatic carbocycles. The second-order valence-corrected chi connectivity index (χ2v) is 15.7. The van der Waals surface area contributed by atoms with E-state index in [1.54, 1.807) is 0 Å². The van der Waals surface area contributed by atoms with Gasteiger partial charge in [-0.2, -0.15) is 0 Å². The van der Waals surface area contributed by atoms with Crippen molar-refractivity contribution in [2.24, 2.45) is 0 Å². The van der Waals surface area contributed by atoms with Gasteiger partial charge in [-0.3, -0.25) is 0 Å². The first-order valence-corrected chi connectivity index (χ1v) is 19.0. The van der Waals surface area contributed by atoms with E-state index in [0.29, 0.717) is 0 Å². The Bertz CT molecular complexity index is 2630. The standard InChI is InChI=1S/C53H41N/c1-52(2,3)37-30-34-40(35-31-37)54(38-16-5-4-6-17-38)39-32-28-36(29-33-39)41-18-7-8-19-42(41)45-23-15-27-50-51(45)46-22-11-14-26-49(46)53(50)47-24-12-9-20-43(47)44-21-10-13-25-48(44)53/h4-35H,1-3H3. The predicted octanol–water partition coefficient (Wildman–Crippen LogP) is 14.1. The Hall–Kier alpha value is -6.44. The minimum absolute atomic E-state index is 0.0960. The van der Waals surface area contributed by atoms with E-state index >= 15 is 0 Å². The molecule has 0 fully saturated rings. The summed E-state index contributed by atoms with van der Waals surface area (Å²) in [6.45, 7) is 6.79. The smallest absolute Gasteiger partial charge is 0.0725 e. The Labute approximate surface area is 318 Å². The Morgan fingerprint density at radius 1 is 0.333 bits per heavy atom. The molecule has 54 heavy (non-hydrogen) atoms. The number of nitrogens with zero attached hydrogens (tertiary/aromatic N) is 1. The molecule has 0 amide bonds. The van der Waals surface area contributed by atoms with Crippen molar-refractivity contribution in [1.29, 1.82) is 0 Å². The van der Waals surface area contributed by atoms with Crippen LogP contribution in [-0.4, -0.2) is 0 Å². The molecule has 1 heteroatoms. The molecule has 0 unspecified atom stereocenters. The molecule has 0 aliphatic heterocycles. The van der Waals surface area contributed by atoms with Crippen LogP contribution in [0.1, 0.15) is 48.6 Å². The lowest BCUT2D eigenvalue weighted by molar-refractivity contribution is 0.590. The molecule has 0 N–H and O–H groups in total. The summed E-state index contributed by atoms with van der Waals surface area (Å²) >= 11 is 0. The Morgan fingerprint density at radius 3 is 1.35 bits per heavy atom. The van der Waals surface area contributed by atoms with Crippen molar-refractivity contribution in [1.82, 2.24) is 0 Å². The Kier molecular flexibility index (Phi) is 7.35. The highest BCUT2D eigenvalue weighted by atomic mass is 15.1. The van der Waals surface area contributed by atoms with Gasteiger partial charge in [0.1, 0.15) is 0 Å². The lowest BCUT2D eigenvalue weighted by Gasteiger charge is -2.30. The van der Waals surface area contributed by atoms with Crippen LogP contribution >= 0.6 is 0 Å². The van der Waals surface area contributed by atoms with Crippen molar-refractivity contribution in [3.8, 4) is 44.5 Å². The van der Waals surface area contributed by atoms with E-state index in [1.807, 2.05) is 0 Å². The molecule has 0 aromatic heterocycles. The SMILES string of the molecule is CC(C)(C)c1ccc(N(c2ccccc2)c2ccc(-c3ccccc3-c3cccc4c3-c3ccccc3C43c4ccccc4-c4ccccc43)cc2)cc1. The minimum atomic E-state index is -0.363. The van der Waals surface area contributed by atoms with Crippen LogP contribution < -0.4 is 4.90 Å². The molecule has 8 aromatic rings. The number of hydrogen-bond donors (Lipinski definition) is 0. The van der Waals surface area contributed by atoms with Crippen LogP contribution in [0.3, 0.4) is 0 Å². The molecule has 2 aliphatic rings. The van der Waals surface area contributed by atoms with E-state index < -0.39 is 0 Å². The predicted molar refractivity (Wildman–Crippen MR) is 227 cm³/mol. The topological polar surface area (TPSA) is 3.24 Å². The zero-order valence-electron chi connectivity index (χ0n) is 30.9. The number of anilines is 3. The average Bonchev–Trinajstić information content (AvgIpc) is 3.69. The number of rotatable bonds is 5. The molecular weight excluding hydrogens is 651 g/mol. The summed E-state index contributed by atoms with van der Waals surface area (Å²) in [5.74, 6) is 0. The van der Waals surface area contributed by atoms with E-state index in [1.165, 1.54) is 72.3 Å². The molecule has 1 spiro atoms. The van der Waals surface area contributed by atoms with E-state index in [0.717, 1.165) is 17.1 Å². The summed E-state index contributed by atoms with van der Waals surface area (Å²) in [6.07, 6.45) is 0. The van der Waals surface area contributed by atoms with E-state index in [2.05, 4.69) is 220 Å². The molecule has 0 saturated carbocycles. The number of para-hydroxylation sites is 1. The zero-order chi connectivity index (χ0) is 36.4. The monoisotopic (exact) mass is 691 g/mol. The normalized spacial score (nSPS) is 13.2. The van der Waals surface area contributed by atoms with E-state index in [-0.39, 0.29) is 10.8 Å². The Balaban J connectivity index is 1.11. The van der Waals surface area contributed by atoms with Gasteiger partial charge in [0, 0.05) is 17.1 Å². The highest BCUT2D eigenvalue weighted by Crippen LogP contribution is 2.64. The van der Waals surface area contributed by atoms with Crippen molar-refractivity contribution in [2.45, 2.75) is 31.6 Å². The number of benzene rings is 8. The van der Waals surface area contributed by atoms with E-state index in [9.17, 15) is 0 Å². The molecule has 1 nitrogen and oxygen atoms in total. The van der Waals surface area contributed by atoms with Crippen molar-refractivity contribution in [2.75, 3.05) is 4.90 Å². The largest absolute Gasteiger partial charge is 0.311 e. The van der Waals surface area contributed by atoms with Gasteiger partial charge in [-0.1, -0.05) is 178 Å². The first-order chi connectivity index (χ1) is 26.4. The lowest BCUT2D eigenvalue weighted by atomic mass is 9.70. The highest BCUT2D eigenvalue weighted by molar-refractivity contribution is 6.02. The van der Waals surface area contributed by atoms with Crippen LogP contribution in [0.5, 0.6) is 0 Å². The van der Waals surface area contributed by atoms with Gasteiger partial charge < -0.3 is 4.90 Å². The summed E-state index contributed by atoms with van der Waals surface area (Å²) in [5.41, 5.74) is 20.2. The molecule has 0 atom stereocenters. The van der Waals surface area contributed by atoms with E-state index in [4.69, 9.17) is 0 Å². The third kappa shape index (κ3) is 4.78. The number of fused-ring (bicyclic) bond motifs is 10. The Morgan fingerprint density at radius 2 is 0.759 bits per heavy atom. The third-order valence-corrected chi connectivity index (χ3v) is 11.7. The maximum absolute atomic E-state index is 2.38. The average molecular weight is 692 g/mol. The van der Waals surface area contributed by atoms with Crippen LogP contribution in [0.2, 0.25) is 0 Å². The van der Waals surface area contributed by atoms with Gasteiger partial charge in [-0.25, -0.2) is 0 Å².